The number of carbonyl (C=O) groups excluding carboxylic acids is 1. The average molecular weight is 438 g/mol. The van der Waals surface area contributed by atoms with Gasteiger partial charge in [-0.3, -0.25) is 4.79 Å². The van der Waals surface area contributed by atoms with E-state index in [-0.39, 0.29) is 23.2 Å². The molecule has 1 aliphatic heterocycles. The third-order valence-electron chi connectivity index (χ3n) is 4.39. The topological polar surface area (TPSA) is 63.7 Å². The van der Waals surface area contributed by atoms with Gasteiger partial charge in [-0.05, 0) is 43.2 Å². The lowest BCUT2D eigenvalue weighted by molar-refractivity contribution is 0.0751. The number of fused-ring (bicyclic) bond motifs is 1. The van der Waals surface area contributed by atoms with Gasteiger partial charge >= 0.3 is 0 Å². The summed E-state index contributed by atoms with van der Waals surface area (Å²) in [5, 5.41) is 0. The normalized spacial score (nSPS) is 18.8. The van der Waals surface area contributed by atoms with Crippen LogP contribution in [0.1, 0.15) is 29.8 Å². The van der Waals surface area contributed by atoms with Gasteiger partial charge in [-0.15, -0.1) is 0 Å². The Balaban J connectivity index is 2.18. The largest absolute Gasteiger partial charge is 0.490 e. The number of aryl methyl sites for hydroxylation is 1. The molecule has 0 spiro atoms. The standard InChI is InChI=1S/C19H20BrNO4S/c1-12(2)16-11-25-17-10-15(20)7-8-18(17)26(23,24)21(16)19(22)14-6-4-5-13(3)9-14/h4-10,12,16H,11H2,1-3H3/t16-/m1/s1. The summed E-state index contributed by atoms with van der Waals surface area (Å²) in [5.74, 6) is -0.382. The predicted molar refractivity (Wildman–Crippen MR) is 103 cm³/mol. The Kier molecular flexibility index (Phi) is 5.12. The molecular weight excluding hydrogens is 418 g/mol. The van der Waals surface area contributed by atoms with E-state index in [0.717, 1.165) is 9.87 Å². The molecule has 7 heteroatoms. The molecule has 2 aromatic rings. The lowest BCUT2D eigenvalue weighted by Gasteiger charge is -2.31. The van der Waals surface area contributed by atoms with Crippen LogP contribution in [0.25, 0.3) is 0 Å². The molecule has 0 aliphatic carbocycles. The third-order valence-corrected chi connectivity index (χ3v) is 6.73. The number of nitrogens with zero attached hydrogens (tertiary/aromatic N) is 1. The van der Waals surface area contributed by atoms with Crippen molar-refractivity contribution in [1.29, 1.82) is 0 Å². The van der Waals surface area contributed by atoms with Gasteiger partial charge in [0.1, 0.15) is 17.3 Å². The van der Waals surface area contributed by atoms with E-state index < -0.39 is 22.0 Å². The highest BCUT2D eigenvalue weighted by atomic mass is 79.9. The summed E-state index contributed by atoms with van der Waals surface area (Å²) in [7, 11) is -4.05. The number of hydrogen-bond acceptors (Lipinski definition) is 4. The quantitative estimate of drug-likeness (QED) is 0.711. The second-order valence-electron chi connectivity index (χ2n) is 6.69. The van der Waals surface area contributed by atoms with Crippen LogP contribution in [0.4, 0.5) is 0 Å². The Morgan fingerprint density at radius 3 is 2.62 bits per heavy atom. The van der Waals surface area contributed by atoms with Crippen molar-refractivity contribution in [3.05, 3.63) is 58.1 Å². The molecule has 5 nitrogen and oxygen atoms in total. The van der Waals surface area contributed by atoms with Gasteiger partial charge in [0.2, 0.25) is 0 Å². The summed E-state index contributed by atoms with van der Waals surface area (Å²) in [5.41, 5.74) is 1.24. The van der Waals surface area contributed by atoms with E-state index in [1.807, 2.05) is 26.8 Å². The van der Waals surface area contributed by atoms with Crippen LogP contribution in [-0.2, 0) is 10.0 Å². The molecule has 0 bridgehead atoms. The molecule has 2 aromatic carbocycles. The smallest absolute Gasteiger partial charge is 0.270 e. The molecule has 1 heterocycles. The van der Waals surface area contributed by atoms with Gasteiger partial charge in [-0.2, -0.15) is 0 Å². The van der Waals surface area contributed by atoms with E-state index in [9.17, 15) is 13.2 Å². The van der Waals surface area contributed by atoms with Gasteiger partial charge in [0.05, 0.1) is 6.04 Å². The Labute approximate surface area is 162 Å². The fraction of sp³-hybridized carbons (Fsp3) is 0.316. The first-order valence-electron chi connectivity index (χ1n) is 8.29. The van der Waals surface area contributed by atoms with Gasteiger partial charge < -0.3 is 4.74 Å². The van der Waals surface area contributed by atoms with Crippen molar-refractivity contribution < 1.29 is 17.9 Å². The summed E-state index contributed by atoms with van der Waals surface area (Å²) in [6.07, 6.45) is 0. The highest BCUT2D eigenvalue weighted by Gasteiger charge is 2.42. The number of amides is 1. The maximum absolute atomic E-state index is 13.4. The second kappa shape index (κ2) is 7.04. The van der Waals surface area contributed by atoms with Crippen molar-refractivity contribution in [2.24, 2.45) is 5.92 Å². The molecule has 0 saturated carbocycles. The molecule has 0 aromatic heterocycles. The van der Waals surface area contributed by atoms with Crippen LogP contribution in [0.2, 0.25) is 0 Å². The summed E-state index contributed by atoms with van der Waals surface area (Å²) < 4.78 is 34.2. The van der Waals surface area contributed by atoms with Crippen molar-refractivity contribution in [2.45, 2.75) is 31.7 Å². The van der Waals surface area contributed by atoms with Crippen LogP contribution in [0.15, 0.2) is 51.8 Å². The number of rotatable bonds is 2. The molecular formula is C19H20BrNO4S. The number of halogens is 1. The second-order valence-corrected chi connectivity index (χ2v) is 9.39. The van der Waals surface area contributed by atoms with Gasteiger partial charge in [-0.1, -0.05) is 47.5 Å². The summed E-state index contributed by atoms with van der Waals surface area (Å²) >= 11 is 3.33. The van der Waals surface area contributed by atoms with Crippen molar-refractivity contribution in [1.82, 2.24) is 4.31 Å². The van der Waals surface area contributed by atoms with Crippen LogP contribution in [0, 0.1) is 12.8 Å². The molecule has 1 amide bonds. The highest BCUT2D eigenvalue weighted by Crippen LogP contribution is 2.36. The van der Waals surface area contributed by atoms with Crippen LogP contribution >= 0.6 is 15.9 Å². The van der Waals surface area contributed by atoms with Gasteiger partial charge in [0.25, 0.3) is 15.9 Å². The Morgan fingerprint density at radius 1 is 1.23 bits per heavy atom. The van der Waals surface area contributed by atoms with E-state index in [1.54, 1.807) is 30.3 Å². The minimum Gasteiger partial charge on any atom is -0.490 e. The lowest BCUT2D eigenvalue weighted by atomic mass is 10.0. The lowest BCUT2D eigenvalue weighted by Crippen LogP contribution is -2.48. The Bertz CT molecular complexity index is 956. The van der Waals surface area contributed by atoms with Gasteiger partial charge in [0, 0.05) is 10.0 Å². The number of sulfonamides is 1. The van der Waals surface area contributed by atoms with E-state index in [2.05, 4.69) is 15.9 Å². The number of hydrogen-bond donors (Lipinski definition) is 0. The number of ether oxygens (including phenoxy) is 1. The van der Waals surface area contributed by atoms with Crippen LogP contribution < -0.4 is 4.74 Å². The fourth-order valence-corrected chi connectivity index (χ4v) is 5.11. The maximum atomic E-state index is 13.4. The van der Waals surface area contributed by atoms with Crippen molar-refractivity contribution in [3.63, 3.8) is 0 Å². The molecule has 0 unspecified atom stereocenters. The monoisotopic (exact) mass is 437 g/mol. The first-order valence-corrected chi connectivity index (χ1v) is 10.5. The molecule has 1 aliphatic rings. The van der Waals surface area contributed by atoms with E-state index in [4.69, 9.17) is 4.74 Å². The first kappa shape index (κ1) is 18.9. The molecule has 1 atom stereocenters. The summed E-state index contributed by atoms with van der Waals surface area (Å²) in [6.45, 7) is 5.74. The van der Waals surface area contributed by atoms with E-state index in [1.165, 1.54) is 6.07 Å². The molecule has 0 fully saturated rings. The maximum Gasteiger partial charge on any atom is 0.270 e. The number of carbonyl (C=O) groups is 1. The van der Waals surface area contributed by atoms with Gasteiger partial charge in [-0.25, -0.2) is 12.7 Å². The molecule has 3 rings (SSSR count). The van der Waals surface area contributed by atoms with Crippen molar-refractivity contribution in [3.8, 4) is 5.75 Å². The zero-order chi connectivity index (χ0) is 19.1. The van der Waals surface area contributed by atoms with Crippen LogP contribution in [-0.4, -0.2) is 31.3 Å². The minimum atomic E-state index is -4.05. The zero-order valence-electron chi connectivity index (χ0n) is 14.8. The molecule has 0 radical (unpaired) electrons. The van der Waals surface area contributed by atoms with Crippen molar-refractivity contribution in [2.75, 3.05) is 6.61 Å². The summed E-state index contributed by atoms with van der Waals surface area (Å²) in [6, 6.07) is 11.1. The van der Waals surface area contributed by atoms with Crippen molar-refractivity contribution >= 4 is 31.9 Å². The Morgan fingerprint density at radius 2 is 1.96 bits per heavy atom. The fourth-order valence-electron chi connectivity index (χ4n) is 2.96. The zero-order valence-corrected chi connectivity index (χ0v) is 17.2. The van der Waals surface area contributed by atoms with Gasteiger partial charge in [0.15, 0.2) is 0 Å². The van der Waals surface area contributed by atoms with E-state index in [0.29, 0.717) is 10.0 Å². The SMILES string of the molecule is Cc1cccc(C(=O)N2[C@@H](C(C)C)COc3cc(Br)ccc3S2(=O)=O)c1. The van der Waals surface area contributed by atoms with Crippen LogP contribution in [0.5, 0.6) is 5.75 Å². The van der Waals surface area contributed by atoms with Crippen LogP contribution in [0.3, 0.4) is 0 Å². The molecule has 138 valence electrons. The Hall–Kier alpha value is -1.86. The highest BCUT2D eigenvalue weighted by molar-refractivity contribution is 9.10. The molecule has 0 saturated heterocycles. The number of benzene rings is 2. The molecule has 26 heavy (non-hydrogen) atoms. The summed E-state index contributed by atoms with van der Waals surface area (Å²) in [4.78, 5) is 13.2. The predicted octanol–water partition coefficient (Wildman–Crippen LogP) is 4.01. The first-order chi connectivity index (χ1) is 12.2. The van der Waals surface area contributed by atoms with E-state index >= 15 is 0 Å². The third kappa shape index (κ3) is 3.38. The average Bonchev–Trinajstić information content (AvgIpc) is 2.68. The minimum absolute atomic E-state index is 0.00449. The molecule has 0 N–H and O–H groups in total.